The number of esters is 1. The first-order chi connectivity index (χ1) is 14.3. The minimum absolute atomic E-state index is 0.328. The highest BCUT2D eigenvalue weighted by molar-refractivity contribution is 6.92. The zero-order valence-electron chi connectivity index (χ0n) is 23.8. The third kappa shape index (κ3) is 13.8. The Morgan fingerprint density at radius 1 is 0.667 bits per heavy atom. The summed E-state index contributed by atoms with van der Waals surface area (Å²) in [7, 11) is -15.4. The molecule has 33 heavy (non-hydrogen) atoms. The van der Waals surface area contributed by atoms with Gasteiger partial charge in [0.2, 0.25) is 0 Å². The summed E-state index contributed by atoms with van der Waals surface area (Å²) in [6, 6.07) is 0. The normalized spacial score (nSPS) is 15.4. The maximum Gasteiger partial charge on any atom is 0.515 e. The van der Waals surface area contributed by atoms with Crippen molar-refractivity contribution in [2.45, 2.75) is 111 Å². The lowest BCUT2D eigenvalue weighted by Crippen LogP contribution is -2.71. The SMILES string of the molecule is C=C(C)C(=O)OC(CC)[Si](O[Si](C)(C)C)(O[Si](C)(C)C)O[Si](C)(O[Si](C)(C)C)O[Si](C)(C)C. The lowest BCUT2D eigenvalue weighted by Gasteiger charge is -2.47. The molecule has 0 aromatic heterocycles. The zero-order valence-corrected chi connectivity index (χ0v) is 29.8. The predicted molar refractivity (Wildman–Crippen MR) is 151 cm³/mol. The van der Waals surface area contributed by atoms with Crippen molar-refractivity contribution >= 4 is 56.8 Å². The molecule has 0 aromatic rings. The minimum Gasteiger partial charge on any atom is -0.455 e. The van der Waals surface area contributed by atoms with Gasteiger partial charge in [-0.3, -0.25) is 0 Å². The Balaban J connectivity index is 6.90. The predicted octanol–water partition coefficient (Wildman–Crippen LogP) is 6.35. The summed E-state index contributed by atoms with van der Waals surface area (Å²) in [4.78, 5) is 12.6. The van der Waals surface area contributed by atoms with E-state index < -0.39 is 62.6 Å². The maximum atomic E-state index is 12.6. The van der Waals surface area contributed by atoms with Crippen molar-refractivity contribution in [1.82, 2.24) is 0 Å². The van der Waals surface area contributed by atoms with E-state index in [0.29, 0.717) is 12.0 Å². The Hall–Kier alpha value is 0.311. The molecule has 0 saturated heterocycles. The van der Waals surface area contributed by atoms with Crippen LogP contribution < -0.4 is 0 Å². The first kappa shape index (κ1) is 33.3. The van der Waals surface area contributed by atoms with Crippen LogP contribution in [-0.4, -0.2) is 62.6 Å². The third-order valence-electron chi connectivity index (χ3n) is 3.57. The van der Waals surface area contributed by atoms with Crippen LogP contribution in [0.25, 0.3) is 0 Å². The van der Waals surface area contributed by atoms with E-state index >= 15 is 0 Å². The Kier molecular flexibility index (Phi) is 11.7. The monoisotopic (exact) mass is 570 g/mol. The second-order valence-corrected chi connectivity index (χ2v) is 37.1. The van der Waals surface area contributed by atoms with Crippen LogP contribution >= 0.6 is 0 Å². The van der Waals surface area contributed by atoms with Gasteiger partial charge in [0, 0.05) is 12.1 Å². The molecule has 0 radical (unpaired) electrons. The average Bonchev–Trinajstić information content (AvgIpc) is 2.43. The van der Waals surface area contributed by atoms with Crippen molar-refractivity contribution < 1.29 is 30.1 Å². The van der Waals surface area contributed by atoms with E-state index in [1.54, 1.807) is 6.92 Å². The van der Waals surface area contributed by atoms with E-state index in [4.69, 9.17) is 25.3 Å². The fraction of sp³-hybridized carbons (Fsp3) is 0.850. The maximum absolute atomic E-state index is 12.6. The molecule has 0 amide bonds. The molecule has 0 aliphatic rings. The Bertz CT molecular complexity index is 642. The second-order valence-electron chi connectivity index (χ2n) is 12.5. The highest BCUT2D eigenvalue weighted by Crippen LogP contribution is 2.34. The van der Waals surface area contributed by atoms with Gasteiger partial charge in [-0.15, -0.1) is 0 Å². The molecule has 0 aliphatic carbocycles. The van der Waals surface area contributed by atoms with Crippen molar-refractivity contribution in [3.63, 3.8) is 0 Å². The molecule has 0 bridgehead atoms. The highest BCUT2D eigenvalue weighted by Gasteiger charge is 2.62. The van der Waals surface area contributed by atoms with Crippen molar-refractivity contribution in [2.24, 2.45) is 0 Å². The summed E-state index contributed by atoms with van der Waals surface area (Å²) >= 11 is 0. The molecule has 7 nitrogen and oxygen atoms in total. The molecular formula is C20H50O7Si6. The van der Waals surface area contributed by atoms with Gasteiger partial charge in [-0.1, -0.05) is 13.5 Å². The van der Waals surface area contributed by atoms with E-state index in [-0.39, 0.29) is 0 Å². The molecule has 0 spiro atoms. The number of rotatable bonds is 14. The van der Waals surface area contributed by atoms with Gasteiger partial charge in [-0.2, -0.15) is 0 Å². The van der Waals surface area contributed by atoms with Crippen LogP contribution in [-0.2, 0) is 30.1 Å². The second kappa shape index (κ2) is 11.6. The quantitative estimate of drug-likeness (QED) is 0.137. The molecule has 0 heterocycles. The number of ether oxygens (including phenoxy) is 1. The fourth-order valence-electron chi connectivity index (χ4n) is 3.18. The van der Waals surface area contributed by atoms with E-state index in [1.165, 1.54) is 0 Å². The molecular weight excluding hydrogens is 521 g/mol. The Labute approximate surface area is 209 Å². The molecule has 0 aromatic carbocycles. The molecule has 1 atom stereocenters. The molecule has 196 valence electrons. The molecule has 0 N–H and O–H groups in total. The number of carbonyl (C=O) groups is 1. The summed E-state index contributed by atoms with van der Waals surface area (Å²) in [6.07, 6.45) is 0.491. The number of hydrogen-bond donors (Lipinski definition) is 0. The fourth-order valence-corrected chi connectivity index (χ4v) is 26.6. The van der Waals surface area contributed by atoms with Crippen LogP contribution in [0, 0.1) is 0 Å². The van der Waals surface area contributed by atoms with Gasteiger partial charge in [0.25, 0.3) is 0 Å². The summed E-state index contributed by atoms with van der Waals surface area (Å²) in [5, 5.41) is 0. The third-order valence-corrected chi connectivity index (χ3v) is 22.5. The van der Waals surface area contributed by atoms with Crippen LogP contribution in [0.2, 0.25) is 85.1 Å². The van der Waals surface area contributed by atoms with E-state index in [1.807, 2.05) is 13.5 Å². The lowest BCUT2D eigenvalue weighted by atomic mass is 10.4. The van der Waals surface area contributed by atoms with Crippen molar-refractivity contribution in [3.8, 4) is 0 Å². The minimum atomic E-state index is -3.64. The van der Waals surface area contributed by atoms with Gasteiger partial charge in [0.05, 0.1) is 0 Å². The van der Waals surface area contributed by atoms with E-state index in [0.717, 1.165) is 0 Å². The van der Waals surface area contributed by atoms with Crippen LogP contribution in [0.5, 0.6) is 0 Å². The molecule has 13 heteroatoms. The van der Waals surface area contributed by atoms with Crippen LogP contribution in [0.1, 0.15) is 20.3 Å². The molecule has 0 aliphatic heterocycles. The summed E-state index contributed by atoms with van der Waals surface area (Å²) in [5.41, 5.74) is -0.350. The van der Waals surface area contributed by atoms with Crippen molar-refractivity contribution in [2.75, 3.05) is 0 Å². The van der Waals surface area contributed by atoms with E-state index in [9.17, 15) is 4.79 Å². The molecule has 0 rings (SSSR count). The van der Waals surface area contributed by atoms with Crippen LogP contribution in [0.3, 0.4) is 0 Å². The van der Waals surface area contributed by atoms with Gasteiger partial charge in [-0.25, -0.2) is 4.79 Å². The highest BCUT2D eigenvalue weighted by atomic mass is 28.5. The van der Waals surface area contributed by atoms with Crippen LogP contribution in [0.15, 0.2) is 12.2 Å². The lowest BCUT2D eigenvalue weighted by molar-refractivity contribution is -0.143. The first-order valence-corrected chi connectivity index (χ1v) is 29.4. The number of carbonyl (C=O) groups excluding carboxylic acids is 1. The zero-order chi connectivity index (χ0) is 26.7. The Morgan fingerprint density at radius 3 is 1.24 bits per heavy atom. The standard InChI is InChI=1S/C20H50O7Si6/c1-17-19(22-20(21)18(2)3)33(25-30(10,11)12,26-31(13,14)15)27-32(16,23-28(4,5)6)24-29(7,8)9/h19H,2,17H2,1,3-16H3. The molecule has 0 saturated carbocycles. The average molecular weight is 571 g/mol. The summed E-state index contributed by atoms with van der Waals surface area (Å²) in [5.74, 6) is -0.471. The Morgan fingerprint density at radius 2 is 1.00 bits per heavy atom. The largest absolute Gasteiger partial charge is 0.515 e. The molecule has 0 fully saturated rings. The first-order valence-electron chi connectivity index (χ1n) is 11.7. The van der Waals surface area contributed by atoms with Crippen molar-refractivity contribution in [3.05, 3.63) is 12.2 Å². The summed E-state index contributed by atoms with van der Waals surface area (Å²) < 4.78 is 39.9. The van der Waals surface area contributed by atoms with Crippen LogP contribution in [0.4, 0.5) is 0 Å². The molecule has 1 unspecified atom stereocenters. The topological polar surface area (TPSA) is 72.5 Å². The van der Waals surface area contributed by atoms with Gasteiger partial charge in [0.15, 0.2) is 39.0 Å². The van der Waals surface area contributed by atoms with Gasteiger partial charge < -0.3 is 25.3 Å². The van der Waals surface area contributed by atoms with Crippen molar-refractivity contribution in [1.29, 1.82) is 0 Å². The number of hydrogen-bond acceptors (Lipinski definition) is 7. The van der Waals surface area contributed by atoms with Gasteiger partial charge >= 0.3 is 23.6 Å². The van der Waals surface area contributed by atoms with Gasteiger partial charge in [0.1, 0.15) is 0 Å². The summed E-state index contributed by atoms with van der Waals surface area (Å²) in [6.45, 7) is 34.6. The smallest absolute Gasteiger partial charge is 0.455 e. The van der Waals surface area contributed by atoms with Gasteiger partial charge in [-0.05, 0) is 91.9 Å². The van der Waals surface area contributed by atoms with E-state index in [2.05, 4.69) is 85.1 Å².